The van der Waals surface area contributed by atoms with E-state index >= 15 is 0 Å². The Morgan fingerprint density at radius 1 is 1.24 bits per heavy atom. The average molecular weight is 296 g/mol. The van der Waals surface area contributed by atoms with Crippen LogP contribution in [0.1, 0.15) is 71.6 Å². The summed E-state index contributed by atoms with van der Waals surface area (Å²) in [4.78, 5) is 12.2. The van der Waals surface area contributed by atoms with Crippen LogP contribution in [0.15, 0.2) is 0 Å². The number of amides is 1. The fourth-order valence-corrected chi connectivity index (χ4v) is 3.80. The summed E-state index contributed by atoms with van der Waals surface area (Å²) in [6.45, 7) is 4.62. The molecule has 0 bridgehead atoms. The highest BCUT2D eigenvalue weighted by atomic mass is 16.3. The average Bonchev–Trinajstić information content (AvgIpc) is 2.45. The summed E-state index contributed by atoms with van der Waals surface area (Å²) < 4.78 is 0. The van der Waals surface area contributed by atoms with Gasteiger partial charge in [0.2, 0.25) is 5.91 Å². The van der Waals surface area contributed by atoms with Crippen LogP contribution in [0.25, 0.3) is 0 Å². The van der Waals surface area contributed by atoms with Gasteiger partial charge in [0.05, 0.1) is 11.6 Å². The molecule has 3 N–H and O–H groups in total. The highest BCUT2D eigenvalue weighted by Crippen LogP contribution is 2.31. The second-order valence-corrected chi connectivity index (χ2v) is 7.37. The van der Waals surface area contributed by atoms with E-state index in [1.165, 1.54) is 25.7 Å². The Labute approximate surface area is 129 Å². The summed E-state index contributed by atoms with van der Waals surface area (Å²) in [5.41, 5.74) is -0.628. The molecule has 2 fully saturated rings. The zero-order valence-electron chi connectivity index (χ0n) is 13.7. The van der Waals surface area contributed by atoms with Crippen LogP contribution in [-0.2, 0) is 4.79 Å². The van der Waals surface area contributed by atoms with Gasteiger partial charge in [-0.1, -0.05) is 39.0 Å². The van der Waals surface area contributed by atoms with Crippen LogP contribution < -0.4 is 10.6 Å². The lowest BCUT2D eigenvalue weighted by Gasteiger charge is -2.36. The molecule has 0 heterocycles. The van der Waals surface area contributed by atoms with E-state index in [-0.39, 0.29) is 11.9 Å². The Morgan fingerprint density at radius 3 is 2.62 bits per heavy atom. The molecule has 4 heteroatoms. The maximum atomic E-state index is 12.2. The summed E-state index contributed by atoms with van der Waals surface area (Å²) in [6, 6.07) is 0.126. The number of hydrogen-bond donors (Lipinski definition) is 3. The summed E-state index contributed by atoms with van der Waals surface area (Å²) in [6.07, 6.45) is 9.96. The summed E-state index contributed by atoms with van der Waals surface area (Å²) in [5, 5.41) is 17.0. The second kappa shape index (κ2) is 7.59. The minimum atomic E-state index is -0.628. The van der Waals surface area contributed by atoms with Crippen molar-refractivity contribution in [2.45, 2.75) is 89.3 Å². The van der Waals surface area contributed by atoms with Crippen molar-refractivity contribution in [3.05, 3.63) is 0 Å². The first-order valence-corrected chi connectivity index (χ1v) is 8.75. The van der Waals surface area contributed by atoms with Crippen molar-refractivity contribution in [3.8, 4) is 0 Å². The molecule has 1 amide bonds. The van der Waals surface area contributed by atoms with Crippen molar-refractivity contribution in [1.82, 2.24) is 10.6 Å². The van der Waals surface area contributed by atoms with Gasteiger partial charge in [-0.3, -0.25) is 4.79 Å². The second-order valence-electron chi connectivity index (χ2n) is 7.37. The smallest absolute Gasteiger partial charge is 0.237 e. The number of nitrogens with one attached hydrogen (secondary N) is 2. The van der Waals surface area contributed by atoms with E-state index in [0.29, 0.717) is 18.5 Å². The molecular weight excluding hydrogens is 264 g/mol. The molecule has 2 aliphatic rings. The molecule has 3 unspecified atom stereocenters. The fourth-order valence-electron chi connectivity index (χ4n) is 3.80. The van der Waals surface area contributed by atoms with Crippen molar-refractivity contribution in [1.29, 1.82) is 0 Å². The highest BCUT2D eigenvalue weighted by Gasteiger charge is 2.33. The Hall–Kier alpha value is -0.610. The van der Waals surface area contributed by atoms with Gasteiger partial charge in [-0.15, -0.1) is 0 Å². The molecule has 0 aromatic heterocycles. The number of carbonyl (C=O) groups excluding carboxylic acids is 1. The van der Waals surface area contributed by atoms with E-state index in [1.807, 2.05) is 6.92 Å². The van der Waals surface area contributed by atoms with Gasteiger partial charge in [0.1, 0.15) is 0 Å². The normalized spacial score (nSPS) is 32.6. The van der Waals surface area contributed by atoms with Gasteiger partial charge in [-0.2, -0.15) is 0 Å². The summed E-state index contributed by atoms with van der Waals surface area (Å²) in [5.74, 6) is 0.659. The van der Waals surface area contributed by atoms with Gasteiger partial charge in [-0.05, 0) is 38.5 Å². The molecule has 2 rings (SSSR count). The molecular formula is C17H32N2O2. The van der Waals surface area contributed by atoms with Crippen molar-refractivity contribution in [2.24, 2.45) is 5.92 Å². The van der Waals surface area contributed by atoms with Gasteiger partial charge >= 0.3 is 0 Å². The number of hydrogen-bond acceptors (Lipinski definition) is 3. The van der Waals surface area contributed by atoms with E-state index in [2.05, 4.69) is 17.6 Å². The lowest BCUT2D eigenvalue weighted by molar-refractivity contribution is -0.124. The third kappa shape index (κ3) is 5.26. The highest BCUT2D eigenvalue weighted by molar-refractivity contribution is 5.81. The monoisotopic (exact) mass is 296 g/mol. The molecule has 0 radical (unpaired) electrons. The summed E-state index contributed by atoms with van der Waals surface area (Å²) >= 11 is 0. The molecule has 0 aromatic carbocycles. The quantitative estimate of drug-likeness (QED) is 0.730. The first kappa shape index (κ1) is 16.8. The Kier molecular flexibility index (Phi) is 6.06. The zero-order valence-corrected chi connectivity index (χ0v) is 13.7. The zero-order chi connectivity index (χ0) is 15.3. The van der Waals surface area contributed by atoms with Gasteiger partial charge in [0, 0.05) is 12.6 Å². The Bertz CT molecular complexity index is 342. The molecule has 2 saturated carbocycles. The topological polar surface area (TPSA) is 61.4 Å². The molecule has 3 atom stereocenters. The predicted molar refractivity (Wildman–Crippen MR) is 85.1 cm³/mol. The Morgan fingerprint density at radius 2 is 1.95 bits per heavy atom. The maximum Gasteiger partial charge on any atom is 0.237 e. The first-order chi connectivity index (χ1) is 9.98. The third-order valence-electron chi connectivity index (χ3n) is 5.15. The van der Waals surface area contributed by atoms with Crippen molar-refractivity contribution < 1.29 is 9.90 Å². The molecule has 0 aliphatic heterocycles. The molecule has 4 nitrogen and oxygen atoms in total. The molecule has 0 saturated heterocycles. The van der Waals surface area contributed by atoms with Crippen LogP contribution in [0, 0.1) is 5.92 Å². The van der Waals surface area contributed by atoms with Crippen molar-refractivity contribution in [3.63, 3.8) is 0 Å². The molecule has 2 aliphatic carbocycles. The van der Waals surface area contributed by atoms with Crippen LogP contribution in [0.2, 0.25) is 0 Å². The molecule has 122 valence electrons. The van der Waals surface area contributed by atoms with Crippen LogP contribution >= 0.6 is 0 Å². The number of rotatable bonds is 5. The lowest BCUT2D eigenvalue weighted by Crippen LogP contribution is -2.52. The molecule has 21 heavy (non-hydrogen) atoms. The third-order valence-corrected chi connectivity index (χ3v) is 5.15. The minimum Gasteiger partial charge on any atom is -0.389 e. The standard InChI is InChI=1S/C17H32N2O2/c1-13-7-6-10-17(21,11-13)12-18-14(2)16(20)19-15-8-4-3-5-9-15/h13-15,18,21H,3-12H2,1-2H3,(H,19,20). The van der Waals surface area contributed by atoms with Crippen molar-refractivity contribution >= 4 is 5.91 Å². The molecule has 0 aromatic rings. The lowest BCUT2D eigenvalue weighted by atomic mass is 9.79. The fraction of sp³-hybridized carbons (Fsp3) is 0.941. The minimum absolute atomic E-state index is 0.0781. The SMILES string of the molecule is CC1CCCC(O)(CNC(C)C(=O)NC2CCCCC2)C1. The predicted octanol–water partition coefficient (Wildman–Crippen LogP) is 2.35. The van der Waals surface area contributed by atoms with Gasteiger partial charge in [-0.25, -0.2) is 0 Å². The van der Waals surface area contributed by atoms with E-state index in [4.69, 9.17) is 0 Å². The van der Waals surface area contributed by atoms with Crippen molar-refractivity contribution in [2.75, 3.05) is 6.54 Å². The maximum absolute atomic E-state index is 12.2. The van der Waals surface area contributed by atoms with E-state index in [0.717, 1.165) is 32.1 Å². The van der Waals surface area contributed by atoms with E-state index in [1.54, 1.807) is 0 Å². The van der Waals surface area contributed by atoms with Gasteiger partial charge in [0.15, 0.2) is 0 Å². The van der Waals surface area contributed by atoms with Gasteiger partial charge < -0.3 is 15.7 Å². The van der Waals surface area contributed by atoms with Crippen LogP contribution in [0.3, 0.4) is 0 Å². The molecule has 0 spiro atoms. The van der Waals surface area contributed by atoms with Gasteiger partial charge in [0.25, 0.3) is 0 Å². The van der Waals surface area contributed by atoms with Crippen LogP contribution in [0.5, 0.6) is 0 Å². The first-order valence-electron chi connectivity index (χ1n) is 8.75. The van der Waals surface area contributed by atoms with E-state index in [9.17, 15) is 9.90 Å². The van der Waals surface area contributed by atoms with E-state index < -0.39 is 5.60 Å². The summed E-state index contributed by atoms with van der Waals surface area (Å²) in [7, 11) is 0. The Balaban J connectivity index is 1.72. The number of aliphatic hydroxyl groups is 1. The largest absolute Gasteiger partial charge is 0.389 e. The van der Waals surface area contributed by atoms with Crippen LogP contribution in [0.4, 0.5) is 0 Å². The number of carbonyl (C=O) groups is 1. The van der Waals surface area contributed by atoms with Crippen LogP contribution in [-0.4, -0.2) is 35.2 Å².